The van der Waals surface area contributed by atoms with Crippen LogP contribution in [0.3, 0.4) is 0 Å². The van der Waals surface area contributed by atoms with Gasteiger partial charge < -0.3 is 0 Å². The normalized spacial score (nSPS) is 11.0. The SMILES string of the molecule is CCc1ccc(Cl)c2scc(C)c12. The van der Waals surface area contributed by atoms with E-state index in [1.807, 2.05) is 6.07 Å². The molecule has 0 spiro atoms. The van der Waals surface area contributed by atoms with Gasteiger partial charge in [-0.15, -0.1) is 11.3 Å². The van der Waals surface area contributed by atoms with Crippen molar-refractivity contribution in [1.82, 2.24) is 0 Å². The Bertz CT molecular complexity index is 443. The van der Waals surface area contributed by atoms with E-state index in [9.17, 15) is 0 Å². The Kier molecular flexibility index (Phi) is 2.31. The lowest BCUT2D eigenvalue weighted by atomic mass is 10.1. The van der Waals surface area contributed by atoms with E-state index in [1.165, 1.54) is 21.2 Å². The second-order valence-corrected chi connectivity index (χ2v) is 4.47. The number of hydrogen-bond donors (Lipinski definition) is 0. The Labute approximate surface area is 87.2 Å². The van der Waals surface area contributed by atoms with Crippen molar-refractivity contribution in [3.63, 3.8) is 0 Å². The van der Waals surface area contributed by atoms with Gasteiger partial charge in [-0.3, -0.25) is 0 Å². The first-order valence-corrected chi connectivity index (χ1v) is 5.65. The Hall–Kier alpha value is -0.530. The molecule has 1 aromatic carbocycles. The zero-order valence-corrected chi connectivity index (χ0v) is 9.30. The van der Waals surface area contributed by atoms with E-state index in [4.69, 9.17) is 11.6 Å². The summed E-state index contributed by atoms with van der Waals surface area (Å²) >= 11 is 7.85. The third-order valence-corrected chi connectivity index (χ3v) is 3.88. The standard InChI is InChI=1S/C11H11ClS/c1-3-8-4-5-9(12)11-10(8)7(2)6-13-11/h4-6H,3H2,1-2H3. The molecule has 2 aromatic rings. The second-order valence-electron chi connectivity index (χ2n) is 3.18. The first kappa shape index (κ1) is 9.04. The summed E-state index contributed by atoms with van der Waals surface area (Å²) in [6.45, 7) is 4.33. The zero-order chi connectivity index (χ0) is 9.42. The molecule has 1 heterocycles. The van der Waals surface area contributed by atoms with E-state index in [1.54, 1.807) is 11.3 Å². The minimum Gasteiger partial charge on any atom is -0.142 e. The van der Waals surface area contributed by atoms with Crippen LogP contribution < -0.4 is 0 Å². The summed E-state index contributed by atoms with van der Waals surface area (Å²) in [4.78, 5) is 0. The van der Waals surface area contributed by atoms with Gasteiger partial charge in [0.1, 0.15) is 0 Å². The van der Waals surface area contributed by atoms with Crippen molar-refractivity contribution in [3.05, 3.63) is 33.7 Å². The molecule has 0 unspecified atom stereocenters. The Morgan fingerprint density at radius 3 is 2.85 bits per heavy atom. The molecule has 0 aliphatic heterocycles. The minimum atomic E-state index is 0.880. The molecule has 0 fully saturated rings. The van der Waals surface area contributed by atoms with Crippen molar-refractivity contribution >= 4 is 33.0 Å². The lowest BCUT2D eigenvalue weighted by molar-refractivity contribution is 1.16. The van der Waals surface area contributed by atoms with Crippen LogP contribution in [-0.4, -0.2) is 0 Å². The van der Waals surface area contributed by atoms with Crippen molar-refractivity contribution in [3.8, 4) is 0 Å². The van der Waals surface area contributed by atoms with Gasteiger partial charge >= 0.3 is 0 Å². The molecule has 0 N–H and O–H groups in total. The summed E-state index contributed by atoms with van der Waals surface area (Å²) in [5.41, 5.74) is 2.75. The highest BCUT2D eigenvalue weighted by Crippen LogP contribution is 2.34. The zero-order valence-electron chi connectivity index (χ0n) is 7.73. The van der Waals surface area contributed by atoms with Gasteiger partial charge in [0.15, 0.2) is 0 Å². The molecule has 0 nitrogen and oxygen atoms in total. The number of thiophene rings is 1. The molecule has 0 atom stereocenters. The van der Waals surface area contributed by atoms with Crippen LogP contribution in [0.25, 0.3) is 10.1 Å². The van der Waals surface area contributed by atoms with Crippen molar-refractivity contribution in [2.45, 2.75) is 20.3 Å². The highest BCUT2D eigenvalue weighted by Gasteiger charge is 2.07. The van der Waals surface area contributed by atoms with E-state index in [2.05, 4.69) is 25.3 Å². The van der Waals surface area contributed by atoms with Crippen LogP contribution in [-0.2, 0) is 6.42 Å². The molecule has 0 saturated carbocycles. The fourth-order valence-corrected chi connectivity index (χ4v) is 2.94. The van der Waals surface area contributed by atoms with Crippen molar-refractivity contribution < 1.29 is 0 Å². The van der Waals surface area contributed by atoms with Crippen LogP contribution in [0.5, 0.6) is 0 Å². The highest BCUT2D eigenvalue weighted by atomic mass is 35.5. The number of rotatable bonds is 1. The van der Waals surface area contributed by atoms with Crippen LogP contribution in [0.15, 0.2) is 17.5 Å². The third kappa shape index (κ3) is 1.36. The molecule has 68 valence electrons. The van der Waals surface area contributed by atoms with E-state index < -0.39 is 0 Å². The number of hydrogen-bond acceptors (Lipinski definition) is 1. The number of fused-ring (bicyclic) bond motifs is 1. The van der Waals surface area contributed by atoms with Gasteiger partial charge in [-0.25, -0.2) is 0 Å². The maximum absolute atomic E-state index is 6.11. The maximum atomic E-state index is 6.11. The Morgan fingerprint density at radius 2 is 2.15 bits per heavy atom. The van der Waals surface area contributed by atoms with Crippen LogP contribution >= 0.6 is 22.9 Å². The van der Waals surface area contributed by atoms with Gasteiger partial charge in [-0.05, 0) is 35.9 Å². The van der Waals surface area contributed by atoms with E-state index >= 15 is 0 Å². The number of aryl methyl sites for hydroxylation is 2. The monoisotopic (exact) mass is 210 g/mol. The van der Waals surface area contributed by atoms with Gasteiger partial charge in [0, 0.05) is 5.39 Å². The summed E-state index contributed by atoms with van der Waals surface area (Å²) in [6, 6.07) is 4.13. The lowest BCUT2D eigenvalue weighted by Gasteiger charge is -2.02. The molecular formula is C11H11ClS. The first-order valence-electron chi connectivity index (χ1n) is 4.39. The molecule has 0 aliphatic rings. The quantitative estimate of drug-likeness (QED) is 0.654. The third-order valence-electron chi connectivity index (χ3n) is 2.32. The maximum Gasteiger partial charge on any atom is 0.0584 e. The molecule has 2 rings (SSSR count). The molecule has 0 aliphatic carbocycles. The number of benzene rings is 1. The van der Waals surface area contributed by atoms with E-state index in [0.29, 0.717) is 0 Å². The van der Waals surface area contributed by atoms with Crippen LogP contribution in [0.4, 0.5) is 0 Å². The predicted octanol–water partition coefficient (Wildman–Crippen LogP) is 4.43. The van der Waals surface area contributed by atoms with Crippen molar-refractivity contribution in [1.29, 1.82) is 0 Å². The molecule has 0 saturated heterocycles. The summed E-state index contributed by atoms with van der Waals surface area (Å²) in [5, 5.41) is 4.42. The van der Waals surface area contributed by atoms with Crippen molar-refractivity contribution in [2.24, 2.45) is 0 Å². The average Bonchev–Trinajstić information content (AvgIpc) is 2.51. The number of halogens is 1. The molecule has 1 aromatic heterocycles. The van der Waals surface area contributed by atoms with Gasteiger partial charge in [0.05, 0.1) is 9.72 Å². The van der Waals surface area contributed by atoms with Gasteiger partial charge in [-0.1, -0.05) is 24.6 Å². The topological polar surface area (TPSA) is 0 Å². The molecular weight excluding hydrogens is 200 g/mol. The highest BCUT2D eigenvalue weighted by molar-refractivity contribution is 7.18. The summed E-state index contributed by atoms with van der Waals surface area (Å²) in [7, 11) is 0. The fraction of sp³-hybridized carbons (Fsp3) is 0.273. The molecule has 13 heavy (non-hydrogen) atoms. The van der Waals surface area contributed by atoms with Crippen LogP contribution in [0.2, 0.25) is 5.02 Å². The van der Waals surface area contributed by atoms with Gasteiger partial charge in [0.25, 0.3) is 0 Å². The van der Waals surface area contributed by atoms with Crippen LogP contribution in [0, 0.1) is 6.92 Å². The molecule has 2 heteroatoms. The fourth-order valence-electron chi connectivity index (χ4n) is 1.65. The van der Waals surface area contributed by atoms with E-state index in [0.717, 1.165) is 11.4 Å². The average molecular weight is 211 g/mol. The predicted molar refractivity (Wildman–Crippen MR) is 61.0 cm³/mol. The second kappa shape index (κ2) is 3.32. The van der Waals surface area contributed by atoms with Gasteiger partial charge in [-0.2, -0.15) is 0 Å². The molecule has 0 amide bonds. The molecule has 0 radical (unpaired) electrons. The van der Waals surface area contributed by atoms with Gasteiger partial charge in [0.2, 0.25) is 0 Å². The minimum absolute atomic E-state index is 0.880. The van der Waals surface area contributed by atoms with Crippen molar-refractivity contribution in [2.75, 3.05) is 0 Å². The Morgan fingerprint density at radius 1 is 1.38 bits per heavy atom. The lowest BCUT2D eigenvalue weighted by Crippen LogP contribution is -1.82. The smallest absolute Gasteiger partial charge is 0.0584 e. The summed E-state index contributed by atoms with van der Waals surface area (Å²) in [5.74, 6) is 0. The summed E-state index contributed by atoms with van der Waals surface area (Å²) in [6.07, 6.45) is 1.07. The molecule has 0 bridgehead atoms. The van der Waals surface area contributed by atoms with E-state index in [-0.39, 0.29) is 0 Å². The summed E-state index contributed by atoms with van der Waals surface area (Å²) < 4.78 is 1.23. The largest absolute Gasteiger partial charge is 0.142 e. The first-order chi connectivity index (χ1) is 6.24. The Balaban J connectivity index is 2.88. The van der Waals surface area contributed by atoms with Crippen LogP contribution in [0.1, 0.15) is 18.1 Å².